The molecule has 0 amide bonds. The molecule has 0 saturated heterocycles. The van der Waals surface area contributed by atoms with Crippen molar-refractivity contribution >= 4 is 21.6 Å². The van der Waals surface area contributed by atoms with E-state index < -0.39 is 16.1 Å². The molecule has 1 unspecified atom stereocenters. The Morgan fingerprint density at radius 1 is 1.04 bits per heavy atom. The molecule has 0 aliphatic carbocycles. The van der Waals surface area contributed by atoms with Crippen LogP contribution < -0.4 is 14.2 Å². The van der Waals surface area contributed by atoms with Gasteiger partial charge in [0.15, 0.2) is 0 Å². The fraction of sp³-hybridized carbons (Fsp3) is 0.250. The van der Waals surface area contributed by atoms with E-state index in [0.717, 1.165) is 5.56 Å². The minimum atomic E-state index is -3.69. The normalized spacial score (nSPS) is 12.7. The predicted octanol–water partition coefficient (Wildman–Crippen LogP) is 3.40. The first-order valence-corrected chi connectivity index (χ1v) is 8.73. The average Bonchev–Trinajstić information content (AvgIpc) is 2.54. The Labute approximate surface area is 141 Å². The van der Waals surface area contributed by atoms with Crippen LogP contribution in [0, 0.1) is 0 Å². The molecule has 7 heteroatoms. The zero-order valence-electron chi connectivity index (χ0n) is 13.0. The maximum atomic E-state index is 12.5. The summed E-state index contributed by atoms with van der Waals surface area (Å²) in [5.41, 5.74) is 0.828. The van der Waals surface area contributed by atoms with Crippen molar-refractivity contribution in [3.63, 3.8) is 0 Å². The van der Waals surface area contributed by atoms with Crippen LogP contribution in [0.4, 0.5) is 0 Å². The lowest BCUT2D eigenvalue weighted by molar-refractivity contribution is 0.414. The van der Waals surface area contributed by atoms with E-state index in [9.17, 15) is 8.42 Å². The molecule has 0 saturated carbocycles. The molecule has 1 atom stereocenters. The number of nitrogens with one attached hydrogen (secondary N) is 1. The van der Waals surface area contributed by atoms with Crippen LogP contribution in [0.15, 0.2) is 47.4 Å². The summed E-state index contributed by atoms with van der Waals surface area (Å²) in [5, 5.41) is 0.243. The summed E-state index contributed by atoms with van der Waals surface area (Å²) in [7, 11) is -0.643. The van der Waals surface area contributed by atoms with Gasteiger partial charge in [0.1, 0.15) is 11.5 Å². The molecule has 0 fully saturated rings. The van der Waals surface area contributed by atoms with E-state index in [1.165, 1.54) is 25.3 Å². The summed E-state index contributed by atoms with van der Waals surface area (Å²) in [6.07, 6.45) is 0. The number of rotatable bonds is 6. The highest BCUT2D eigenvalue weighted by Crippen LogP contribution is 2.27. The van der Waals surface area contributed by atoms with Gasteiger partial charge in [-0.25, -0.2) is 13.1 Å². The summed E-state index contributed by atoms with van der Waals surface area (Å²) < 4.78 is 37.6. The molecule has 0 aliphatic rings. The van der Waals surface area contributed by atoms with Crippen LogP contribution in [0.5, 0.6) is 11.5 Å². The molecule has 124 valence electrons. The fourth-order valence-corrected chi connectivity index (χ4v) is 3.66. The Hall–Kier alpha value is -1.76. The van der Waals surface area contributed by atoms with E-state index >= 15 is 0 Å². The number of benzene rings is 2. The van der Waals surface area contributed by atoms with Crippen molar-refractivity contribution in [3.8, 4) is 11.5 Å². The highest BCUT2D eigenvalue weighted by Gasteiger charge is 2.19. The molecule has 1 N–H and O–H groups in total. The molecule has 0 aliphatic heterocycles. The average molecular weight is 356 g/mol. The van der Waals surface area contributed by atoms with Crippen LogP contribution in [-0.4, -0.2) is 22.6 Å². The third-order valence-corrected chi connectivity index (χ3v) is 5.22. The van der Waals surface area contributed by atoms with Crippen LogP contribution in [0.25, 0.3) is 0 Å². The highest BCUT2D eigenvalue weighted by atomic mass is 35.5. The monoisotopic (exact) mass is 355 g/mol. The quantitative estimate of drug-likeness (QED) is 0.862. The molecule has 2 aromatic carbocycles. The second-order valence-corrected chi connectivity index (χ2v) is 7.03. The van der Waals surface area contributed by atoms with Crippen molar-refractivity contribution in [3.05, 3.63) is 53.1 Å². The molecule has 23 heavy (non-hydrogen) atoms. The highest BCUT2D eigenvalue weighted by molar-refractivity contribution is 7.89. The Morgan fingerprint density at radius 3 is 2.22 bits per heavy atom. The molecule has 0 heterocycles. The third kappa shape index (κ3) is 4.16. The molecule has 0 aromatic heterocycles. The molecule has 5 nitrogen and oxygen atoms in total. The number of ether oxygens (including phenoxy) is 2. The van der Waals surface area contributed by atoms with Crippen LogP contribution in [0.3, 0.4) is 0 Å². The van der Waals surface area contributed by atoms with E-state index in [4.69, 9.17) is 21.1 Å². The lowest BCUT2D eigenvalue weighted by atomic mass is 10.1. The maximum Gasteiger partial charge on any atom is 0.241 e. The van der Waals surface area contributed by atoms with Crippen molar-refractivity contribution in [2.75, 3.05) is 14.2 Å². The van der Waals surface area contributed by atoms with E-state index in [1.54, 1.807) is 26.2 Å². The lowest BCUT2D eigenvalue weighted by Gasteiger charge is -2.15. The van der Waals surface area contributed by atoms with Gasteiger partial charge in [0.05, 0.1) is 24.1 Å². The first kappa shape index (κ1) is 17.6. The summed E-state index contributed by atoms with van der Waals surface area (Å²) in [6.45, 7) is 1.77. The van der Waals surface area contributed by atoms with Gasteiger partial charge < -0.3 is 9.47 Å². The van der Waals surface area contributed by atoms with Crippen molar-refractivity contribution in [2.45, 2.75) is 17.9 Å². The largest absolute Gasteiger partial charge is 0.497 e. The van der Waals surface area contributed by atoms with Gasteiger partial charge in [-0.3, -0.25) is 0 Å². The van der Waals surface area contributed by atoms with Gasteiger partial charge in [-0.2, -0.15) is 0 Å². The number of hydrogen-bond donors (Lipinski definition) is 1. The topological polar surface area (TPSA) is 64.6 Å². The summed E-state index contributed by atoms with van der Waals surface area (Å²) in [5.74, 6) is 1.14. The molecular formula is C16H18ClNO4S. The number of hydrogen-bond acceptors (Lipinski definition) is 4. The van der Waals surface area contributed by atoms with Crippen molar-refractivity contribution in [1.29, 1.82) is 0 Å². The van der Waals surface area contributed by atoms with E-state index in [1.807, 2.05) is 12.1 Å². The zero-order valence-corrected chi connectivity index (χ0v) is 14.6. The zero-order chi connectivity index (χ0) is 17.0. The Balaban J connectivity index is 2.21. The summed E-state index contributed by atoms with van der Waals surface area (Å²) in [6, 6.07) is 11.1. The minimum Gasteiger partial charge on any atom is -0.497 e. The number of halogens is 1. The SMILES string of the molecule is COc1ccc(C(C)NS(=O)(=O)c2ccc(OC)c(Cl)c2)cc1. The van der Waals surface area contributed by atoms with Gasteiger partial charge in [0, 0.05) is 6.04 Å². The van der Waals surface area contributed by atoms with Gasteiger partial charge >= 0.3 is 0 Å². The van der Waals surface area contributed by atoms with Gasteiger partial charge in [-0.15, -0.1) is 0 Å². The van der Waals surface area contributed by atoms with Gasteiger partial charge in [0.25, 0.3) is 0 Å². The van der Waals surface area contributed by atoms with Gasteiger partial charge in [0.2, 0.25) is 10.0 Å². The number of methoxy groups -OCH3 is 2. The van der Waals surface area contributed by atoms with Gasteiger partial charge in [-0.05, 0) is 42.8 Å². The first-order valence-electron chi connectivity index (χ1n) is 6.87. The van der Waals surface area contributed by atoms with Crippen molar-refractivity contribution in [2.24, 2.45) is 0 Å². The van der Waals surface area contributed by atoms with Crippen LogP contribution in [0.1, 0.15) is 18.5 Å². The second-order valence-electron chi connectivity index (χ2n) is 4.91. The smallest absolute Gasteiger partial charge is 0.241 e. The molecule has 2 aromatic rings. The van der Waals surface area contributed by atoms with E-state index in [2.05, 4.69) is 4.72 Å². The summed E-state index contributed by atoms with van der Waals surface area (Å²) in [4.78, 5) is 0.0867. The summed E-state index contributed by atoms with van der Waals surface area (Å²) >= 11 is 5.99. The maximum absolute atomic E-state index is 12.5. The van der Waals surface area contributed by atoms with Crippen molar-refractivity contribution in [1.82, 2.24) is 4.72 Å². The van der Waals surface area contributed by atoms with E-state index in [0.29, 0.717) is 11.5 Å². The molecule has 2 rings (SSSR count). The van der Waals surface area contributed by atoms with Crippen molar-refractivity contribution < 1.29 is 17.9 Å². The van der Waals surface area contributed by atoms with Crippen LogP contribution >= 0.6 is 11.6 Å². The van der Waals surface area contributed by atoms with Crippen LogP contribution in [-0.2, 0) is 10.0 Å². The number of sulfonamides is 1. The standard InChI is InChI=1S/C16H18ClNO4S/c1-11(12-4-6-13(21-2)7-5-12)18-23(19,20)14-8-9-16(22-3)15(17)10-14/h4-11,18H,1-3H3. The Kier molecular flexibility index (Phi) is 5.51. The molecular weight excluding hydrogens is 338 g/mol. The minimum absolute atomic E-state index is 0.0867. The molecule has 0 bridgehead atoms. The fourth-order valence-electron chi connectivity index (χ4n) is 2.08. The predicted molar refractivity (Wildman–Crippen MR) is 89.7 cm³/mol. The van der Waals surface area contributed by atoms with Crippen LogP contribution in [0.2, 0.25) is 5.02 Å². The second kappa shape index (κ2) is 7.21. The Bertz CT molecular complexity index is 775. The third-order valence-electron chi connectivity index (χ3n) is 3.38. The molecule has 0 radical (unpaired) electrons. The van der Waals surface area contributed by atoms with E-state index in [-0.39, 0.29) is 9.92 Å². The molecule has 0 spiro atoms. The lowest BCUT2D eigenvalue weighted by Crippen LogP contribution is -2.26. The van der Waals surface area contributed by atoms with Gasteiger partial charge in [-0.1, -0.05) is 23.7 Å². The first-order chi connectivity index (χ1) is 10.9. The Morgan fingerprint density at radius 2 is 1.70 bits per heavy atom.